The predicted molar refractivity (Wildman–Crippen MR) is 102 cm³/mol. The summed E-state index contributed by atoms with van der Waals surface area (Å²) in [7, 11) is -3.36. The quantitative estimate of drug-likeness (QED) is 0.798. The predicted octanol–water partition coefficient (Wildman–Crippen LogP) is 1.46. The fourth-order valence-electron chi connectivity index (χ4n) is 2.77. The van der Waals surface area contributed by atoms with Crippen molar-refractivity contribution in [3.05, 3.63) is 35.9 Å². The lowest BCUT2D eigenvalue weighted by Gasteiger charge is -2.36. The molecule has 0 aromatic heterocycles. The van der Waals surface area contributed by atoms with Crippen LogP contribution >= 0.6 is 12.4 Å². The van der Waals surface area contributed by atoms with Crippen LogP contribution in [0, 0.1) is 5.92 Å². The topological polar surface area (TPSA) is 83.7 Å². The highest BCUT2D eigenvalue weighted by Gasteiger charge is 2.31. The van der Waals surface area contributed by atoms with Gasteiger partial charge in [-0.15, -0.1) is 12.4 Å². The van der Waals surface area contributed by atoms with Crippen LogP contribution in [0.1, 0.15) is 25.8 Å². The highest BCUT2D eigenvalue weighted by Crippen LogP contribution is 2.15. The molecule has 0 aliphatic carbocycles. The van der Waals surface area contributed by atoms with Crippen LogP contribution in [0.3, 0.4) is 0 Å². The first-order valence-electron chi connectivity index (χ1n) is 8.41. The van der Waals surface area contributed by atoms with E-state index in [4.69, 9.17) is 5.73 Å². The lowest BCUT2D eigenvalue weighted by molar-refractivity contribution is -0.134. The van der Waals surface area contributed by atoms with Gasteiger partial charge in [-0.05, 0) is 11.5 Å². The summed E-state index contributed by atoms with van der Waals surface area (Å²) in [5.74, 6) is 0.0375. The summed E-state index contributed by atoms with van der Waals surface area (Å²) in [5, 5.41) is 0. The summed E-state index contributed by atoms with van der Waals surface area (Å²) in [6.07, 6.45) is 0.846. The van der Waals surface area contributed by atoms with E-state index >= 15 is 0 Å². The van der Waals surface area contributed by atoms with Gasteiger partial charge < -0.3 is 10.6 Å². The molecule has 1 aromatic carbocycles. The number of carbonyl (C=O) groups excluding carboxylic acids is 1. The second kappa shape index (κ2) is 9.52. The maximum absolute atomic E-state index is 12.5. The summed E-state index contributed by atoms with van der Waals surface area (Å²) >= 11 is 0. The molecule has 1 amide bonds. The first-order chi connectivity index (χ1) is 11.3. The fraction of sp³-hybridized carbons (Fsp3) is 0.588. The van der Waals surface area contributed by atoms with E-state index in [1.54, 1.807) is 4.90 Å². The molecule has 0 spiro atoms. The van der Waals surface area contributed by atoms with E-state index in [-0.39, 0.29) is 30.0 Å². The van der Waals surface area contributed by atoms with Gasteiger partial charge in [0.25, 0.3) is 0 Å². The molecule has 6 nitrogen and oxygen atoms in total. The summed E-state index contributed by atoms with van der Waals surface area (Å²) in [5.41, 5.74) is 6.77. The maximum Gasteiger partial charge on any atom is 0.239 e. The van der Waals surface area contributed by atoms with Gasteiger partial charge in [0, 0.05) is 26.2 Å². The Hall–Kier alpha value is -1.15. The number of benzene rings is 1. The highest BCUT2D eigenvalue weighted by atomic mass is 35.5. The Bertz CT molecular complexity index is 646. The van der Waals surface area contributed by atoms with Gasteiger partial charge in [-0.1, -0.05) is 50.6 Å². The van der Waals surface area contributed by atoms with Crippen LogP contribution in [-0.4, -0.2) is 55.8 Å². The number of hydrogen-bond acceptors (Lipinski definition) is 4. The second-order valence-corrected chi connectivity index (χ2v) is 8.35. The second-order valence-electron chi connectivity index (χ2n) is 6.38. The average Bonchev–Trinajstić information content (AvgIpc) is 2.60. The Kier molecular flexibility index (Phi) is 8.34. The molecule has 0 bridgehead atoms. The molecule has 2 atom stereocenters. The number of halogens is 1. The number of amides is 1. The molecule has 1 fully saturated rings. The van der Waals surface area contributed by atoms with Gasteiger partial charge in [-0.25, -0.2) is 8.42 Å². The van der Waals surface area contributed by atoms with Crippen molar-refractivity contribution in [1.29, 1.82) is 0 Å². The van der Waals surface area contributed by atoms with Gasteiger partial charge in [0.2, 0.25) is 15.9 Å². The zero-order valence-electron chi connectivity index (χ0n) is 14.8. The minimum atomic E-state index is -3.36. The average molecular weight is 390 g/mol. The molecule has 1 heterocycles. The Morgan fingerprint density at radius 3 is 2.24 bits per heavy atom. The Labute approximate surface area is 156 Å². The minimum absolute atomic E-state index is 0. The van der Waals surface area contributed by atoms with Crippen LogP contribution in [-0.2, 0) is 20.6 Å². The van der Waals surface area contributed by atoms with Crippen molar-refractivity contribution >= 4 is 28.3 Å². The van der Waals surface area contributed by atoms with Crippen molar-refractivity contribution in [3.63, 3.8) is 0 Å². The van der Waals surface area contributed by atoms with Crippen molar-refractivity contribution in [3.8, 4) is 0 Å². The van der Waals surface area contributed by atoms with Crippen molar-refractivity contribution in [2.75, 3.05) is 26.2 Å². The number of hydrogen-bond donors (Lipinski definition) is 1. The molecular weight excluding hydrogens is 362 g/mol. The first kappa shape index (κ1) is 21.9. The summed E-state index contributed by atoms with van der Waals surface area (Å²) < 4.78 is 26.5. The van der Waals surface area contributed by atoms with E-state index < -0.39 is 16.1 Å². The third-order valence-corrected chi connectivity index (χ3v) is 6.53. The smallest absolute Gasteiger partial charge is 0.239 e. The summed E-state index contributed by atoms with van der Waals surface area (Å²) in [6, 6.07) is 8.63. The van der Waals surface area contributed by atoms with Crippen molar-refractivity contribution in [2.45, 2.75) is 32.1 Å². The molecule has 2 rings (SSSR count). The van der Waals surface area contributed by atoms with Crippen LogP contribution in [0.4, 0.5) is 0 Å². The molecular formula is C17H28ClN3O3S. The van der Waals surface area contributed by atoms with Crippen molar-refractivity contribution < 1.29 is 13.2 Å². The molecule has 0 saturated carbocycles. The van der Waals surface area contributed by atoms with Crippen molar-refractivity contribution in [1.82, 2.24) is 9.21 Å². The van der Waals surface area contributed by atoms with E-state index in [0.717, 1.165) is 12.0 Å². The molecule has 2 N–H and O–H groups in total. The van der Waals surface area contributed by atoms with Crippen LogP contribution in [0.15, 0.2) is 30.3 Å². The number of sulfonamides is 1. The molecule has 0 radical (unpaired) electrons. The van der Waals surface area contributed by atoms with Gasteiger partial charge >= 0.3 is 0 Å². The van der Waals surface area contributed by atoms with Crippen LogP contribution < -0.4 is 5.73 Å². The van der Waals surface area contributed by atoms with E-state index in [1.807, 2.05) is 44.2 Å². The van der Waals surface area contributed by atoms with Gasteiger partial charge in [-0.2, -0.15) is 4.31 Å². The van der Waals surface area contributed by atoms with E-state index in [9.17, 15) is 13.2 Å². The molecule has 1 saturated heterocycles. The monoisotopic (exact) mass is 389 g/mol. The summed E-state index contributed by atoms with van der Waals surface area (Å²) in [4.78, 5) is 14.1. The first-order valence-corrected chi connectivity index (χ1v) is 10.0. The maximum atomic E-state index is 12.5. The normalized spacial score (nSPS) is 18.3. The Morgan fingerprint density at radius 2 is 1.72 bits per heavy atom. The van der Waals surface area contributed by atoms with Crippen LogP contribution in [0.25, 0.3) is 0 Å². The van der Waals surface area contributed by atoms with Gasteiger partial charge in [0.1, 0.15) is 0 Å². The molecule has 1 aromatic rings. The Morgan fingerprint density at radius 1 is 1.16 bits per heavy atom. The molecule has 8 heteroatoms. The number of nitrogens with two attached hydrogens (primary N) is 1. The summed E-state index contributed by atoms with van der Waals surface area (Å²) in [6.45, 7) is 5.42. The van der Waals surface area contributed by atoms with Crippen LogP contribution in [0.2, 0.25) is 0 Å². The van der Waals surface area contributed by atoms with E-state index in [2.05, 4.69) is 0 Å². The van der Waals surface area contributed by atoms with Crippen molar-refractivity contribution in [2.24, 2.45) is 11.7 Å². The van der Waals surface area contributed by atoms with Gasteiger partial charge in [-0.3, -0.25) is 4.79 Å². The molecule has 1 aliphatic heterocycles. The molecule has 1 aliphatic rings. The SMILES string of the molecule is CCC(C)C(N)C(=O)N1CCN(S(=O)(=O)Cc2ccccc2)CC1.Cl. The number of rotatable bonds is 6. The number of carbonyl (C=O) groups is 1. The highest BCUT2D eigenvalue weighted by molar-refractivity contribution is 7.88. The zero-order chi connectivity index (χ0) is 17.7. The molecule has 25 heavy (non-hydrogen) atoms. The number of nitrogens with zero attached hydrogens (tertiary/aromatic N) is 2. The third kappa shape index (κ3) is 5.67. The third-order valence-electron chi connectivity index (χ3n) is 4.68. The Balaban J connectivity index is 0.00000312. The lowest BCUT2D eigenvalue weighted by Crippen LogP contribution is -2.55. The molecule has 142 valence electrons. The lowest BCUT2D eigenvalue weighted by atomic mass is 9.99. The van der Waals surface area contributed by atoms with E-state index in [0.29, 0.717) is 26.2 Å². The van der Waals surface area contributed by atoms with E-state index in [1.165, 1.54) is 4.31 Å². The largest absolute Gasteiger partial charge is 0.339 e. The minimum Gasteiger partial charge on any atom is -0.339 e. The fourth-order valence-corrected chi connectivity index (χ4v) is 4.29. The standard InChI is InChI=1S/C17H27N3O3S.ClH/c1-3-14(2)16(18)17(21)19-9-11-20(12-10-19)24(22,23)13-15-7-5-4-6-8-15;/h4-8,14,16H,3,9-13,18H2,1-2H3;1H. The van der Waals surface area contributed by atoms with Gasteiger partial charge in [0.05, 0.1) is 11.8 Å². The van der Waals surface area contributed by atoms with Gasteiger partial charge in [0.15, 0.2) is 0 Å². The number of piperazine rings is 1. The molecule has 2 unspecified atom stereocenters. The zero-order valence-corrected chi connectivity index (χ0v) is 16.4. The van der Waals surface area contributed by atoms with Crippen LogP contribution in [0.5, 0.6) is 0 Å².